The van der Waals surface area contributed by atoms with Crippen molar-refractivity contribution >= 4 is 0 Å². The number of rotatable bonds is 3. The molecule has 1 fully saturated rings. The van der Waals surface area contributed by atoms with Crippen LogP contribution < -0.4 is 0 Å². The molecule has 0 aromatic heterocycles. The number of aliphatic hydroxyl groups excluding tert-OH is 1. The van der Waals surface area contributed by atoms with Gasteiger partial charge >= 0.3 is 0 Å². The molecule has 0 bridgehead atoms. The zero-order chi connectivity index (χ0) is 17.4. The molecule has 0 spiro atoms. The zero-order valence-corrected chi connectivity index (χ0v) is 15.5. The van der Waals surface area contributed by atoms with Crippen molar-refractivity contribution in [3.63, 3.8) is 0 Å². The highest BCUT2D eigenvalue weighted by Crippen LogP contribution is 2.51. The van der Waals surface area contributed by atoms with E-state index < -0.39 is 0 Å². The van der Waals surface area contributed by atoms with Crippen molar-refractivity contribution in [1.29, 1.82) is 0 Å². The van der Waals surface area contributed by atoms with E-state index in [4.69, 9.17) is 0 Å². The maximum atomic E-state index is 9.55. The first-order valence-electron chi connectivity index (χ1n) is 9.09. The lowest BCUT2D eigenvalue weighted by molar-refractivity contribution is 0.0969. The van der Waals surface area contributed by atoms with E-state index in [-0.39, 0.29) is 6.61 Å². The third-order valence-electron chi connectivity index (χ3n) is 5.44. The largest absolute Gasteiger partial charge is 0.392 e. The molecule has 0 amide bonds. The molecule has 1 heteroatoms. The molecule has 1 saturated carbocycles. The van der Waals surface area contributed by atoms with Gasteiger partial charge in [0, 0.05) is 0 Å². The molecule has 0 atom stereocenters. The molecule has 3 rings (SSSR count). The molecule has 1 aliphatic carbocycles. The third kappa shape index (κ3) is 3.72. The summed E-state index contributed by atoms with van der Waals surface area (Å²) >= 11 is 0. The molecule has 24 heavy (non-hydrogen) atoms. The molecule has 0 unspecified atom stereocenters. The van der Waals surface area contributed by atoms with Crippen LogP contribution in [0.4, 0.5) is 0 Å². The van der Waals surface area contributed by atoms with Crippen LogP contribution >= 0.6 is 0 Å². The standard InChI is InChI=1S/C23H30O/c1-22(2)13-20(14-23(3,4)16-22)17-9-11-18(12-10-17)21-8-6-5-7-19(21)15-24/h5-12,20,24H,13-16H2,1-4H3. The Bertz CT molecular complexity index is 678. The van der Waals surface area contributed by atoms with Gasteiger partial charge in [0.25, 0.3) is 0 Å². The van der Waals surface area contributed by atoms with Gasteiger partial charge in [0.1, 0.15) is 0 Å². The van der Waals surface area contributed by atoms with E-state index in [2.05, 4.69) is 58.0 Å². The molecule has 0 saturated heterocycles. The summed E-state index contributed by atoms with van der Waals surface area (Å²) in [6.45, 7) is 9.72. The fraction of sp³-hybridized carbons (Fsp3) is 0.478. The average molecular weight is 322 g/mol. The normalized spacial score (nSPS) is 20.0. The van der Waals surface area contributed by atoms with E-state index in [9.17, 15) is 5.11 Å². The lowest BCUT2D eigenvalue weighted by Gasteiger charge is -2.45. The molecular formula is C23H30O. The van der Waals surface area contributed by atoms with Crippen molar-refractivity contribution in [3.8, 4) is 11.1 Å². The molecule has 1 nitrogen and oxygen atoms in total. The fourth-order valence-corrected chi connectivity index (χ4v) is 4.96. The topological polar surface area (TPSA) is 20.2 Å². The van der Waals surface area contributed by atoms with E-state index in [0.29, 0.717) is 16.7 Å². The van der Waals surface area contributed by atoms with Gasteiger partial charge in [-0.05, 0) is 58.3 Å². The van der Waals surface area contributed by atoms with Crippen LogP contribution in [0.2, 0.25) is 0 Å². The summed E-state index contributed by atoms with van der Waals surface area (Å²) in [7, 11) is 0. The molecule has 0 heterocycles. The van der Waals surface area contributed by atoms with E-state index in [1.54, 1.807) is 0 Å². The van der Waals surface area contributed by atoms with Crippen molar-refractivity contribution in [1.82, 2.24) is 0 Å². The molecule has 1 aliphatic rings. The van der Waals surface area contributed by atoms with Crippen LogP contribution in [0.15, 0.2) is 48.5 Å². The zero-order valence-electron chi connectivity index (χ0n) is 15.5. The average Bonchev–Trinajstić information content (AvgIpc) is 2.52. The predicted molar refractivity (Wildman–Crippen MR) is 102 cm³/mol. The van der Waals surface area contributed by atoms with Gasteiger partial charge in [-0.15, -0.1) is 0 Å². The Morgan fingerprint density at radius 3 is 2.04 bits per heavy atom. The Balaban J connectivity index is 1.87. The highest BCUT2D eigenvalue weighted by atomic mass is 16.3. The van der Waals surface area contributed by atoms with E-state index >= 15 is 0 Å². The van der Waals surface area contributed by atoms with Crippen LogP contribution in [0.3, 0.4) is 0 Å². The van der Waals surface area contributed by atoms with Crippen LogP contribution in [-0.4, -0.2) is 5.11 Å². The first kappa shape index (κ1) is 17.2. The highest BCUT2D eigenvalue weighted by Gasteiger charge is 2.38. The quantitative estimate of drug-likeness (QED) is 0.717. The van der Waals surface area contributed by atoms with Gasteiger partial charge in [0.05, 0.1) is 6.61 Å². The Morgan fingerprint density at radius 2 is 1.46 bits per heavy atom. The minimum atomic E-state index is 0.0862. The van der Waals surface area contributed by atoms with Gasteiger partial charge in [-0.1, -0.05) is 76.2 Å². The van der Waals surface area contributed by atoms with Crippen molar-refractivity contribution in [3.05, 3.63) is 59.7 Å². The maximum absolute atomic E-state index is 9.55. The monoisotopic (exact) mass is 322 g/mol. The van der Waals surface area contributed by atoms with Gasteiger partial charge in [-0.2, -0.15) is 0 Å². The summed E-state index contributed by atoms with van der Waals surface area (Å²) in [4.78, 5) is 0. The summed E-state index contributed by atoms with van der Waals surface area (Å²) in [5.41, 5.74) is 5.60. The molecule has 0 aliphatic heterocycles. The second-order valence-corrected chi connectivity index (χ2v) is 9.05. The fourth-order valence-electron chi connectivity index (χ4n) is 4.96. The molecule has 128 valence electrons. The summed E-state index contributed by atoms with van der Waals surface area (Å²) < 4.78 is 0. The van der Waals surface area contributed by atoms with Crippen LogP contribution in [0.5, 0.6) is 0 Å². The van der Waals surface area contributed by atoms with E-state index in [1.807, 2.05) is 18.2 Å². The number of hydrogen-bond donors (Lipinski definition) is 1. The lowest BCUT2D eigenvalue weighted by Crippen LogP contribution is -2.32. The Labute approximate surface area is 146 Å². The van der Waals surface area contributed by atoms with Crippen LogP contribution in [0.1, 0.15) is 64.0 Å². The van der Waals surface area contributed by atoms with Crippen LogP contribution in [-0.2, 0) is 6.61 Å². The van der Waals surface area contributed by atoms with Crippen LogP contribution in [0.25, 0.3) is 11.1 Å². The highest BCUT2D eigenvalue weighted by molar-refractivity contribution is 5.67. The Morgan fingerprint density at radius 1 is 0.875 bits per heavy atom. The van der Waals surface area contributed by atoms with Crippen molar-refractivity contribution in [2.24, 2.45) is 10.8 Å². The van der Waals surface area contributed by atoms with Crippen molar-refractivity contribution in [2.45, 2.75) is 59.5 Å². The van der Waals surface area contributed by atoms with Crippen LogP contribution in [0, 0.1) is 10.8 Å². The van der Waals surface area contributed by atoms with E-state index in [1.165, 1.54) is 30.4 Å². The second kappa shape index (κ2) is 6.37. The van der Waals surface area contributed by atoms with Gasteiger partial charge in [-0.25, -0.2) is 0 Å². The number of aliphatic hydroxyl groups is 1. The van der Waals surface area contributed by atoms with Gasteiger partial charge in [-0.3, -0.25) is 0 Å². The molecular weight excluding hydrogens is 292 g/mol. The van der Waals surface area contributed by atoms with E-state index in [0.717, 1.165) is 11.1 Å². The minimum Gasteiger partial charge on any atom is -0.392 e. The Kier molecular flexibility index (Phi) is 4.57. The van der Waals surface area contributed by atoms with Gasteiger partial charge < -0.3 is 5.11 Å². The summed E-state index contributed by atoms with van der Waals surface area (Å²) in [6.07, 6.45) is 3.84. The third-order valence-corrected chi connectivity index (χ3v) is 5.44. The maximum Gasteiger partial charge on any atom is 0.0687 e. The Hall–Kier alpha value is -1.60. The molecule has 2 aromatic carbocycles. The molecule has 0 radical (unpaired) electrons. The summed E-state index contributed by atoms with van der Waals surface area (Å²) in [5.74, 6) is 0.644. The SMILES string of the molecule is CC1(C)CC(c2ccc(-c3ccccc3CO)cc2)CC(C)(C)C1. The minimum absolute atomic E-state index is 0.0862. The number of hydrogen-bond acceptors (Lipinski definition) is 1. The first-order valence-corrected chi connectivity index (χ1v) is 9.09. The van der Waals surface area contributed by atoms with Gasteiger partial charge in [0.15, 0.2) is 0 Å². The summed E-state index contributed by atoms with van der Waals surface area (Å²) in [5, 5.41) is 9.55. The van der Waals surface area contributed by atoms with Crippen molar-refractivity contribution < 1.29 is 5.11 Å². The second-order valence-electron chi connectivity index (χ2n) is 9.05. The first-order chi connectivity index (χ1) is 11.3. The molecule has 2 aromatic rings. The smallest absolute Gasteiger partial charge is 0.0687 e. The number of benzene rings is 2. The predicted octanol–water partition coefficient (Wildman–Crippen LogP) is 6.17. The molecule has 1 N–H and O–H groups in total. The van der Waals surface area contributed by atoms with Gasteiger partial charge in [0.2, 0.25) is 0 Å². The lowest BCUT2D eigenvalue weighted by atomic mass is 9.60. The van der Waals surface area contributed by atoms with Crippen molar-refractivity contribution in [2.75, 3.05) is 0 Å². The summed E-state index contributed by atoms with van der Waals surface area (Å²) in [6, 6.07) is 17.1.